The van der Waals surface area contributed by atoms with Crippen LogP contribution >= 0.6 is 11.6 Å². The van der Waals surface area contributed by atoms with Crippen LogP contribution < -0.4 is 0 Å². The van der Waals surface area contributed by atoms with Gasteiger partial charge in [-0.05, 0) is 41.5 Å². The Hall–Kier alpha value is -1.83. The van der Waals surface area contributed by atoms with Crippen molar-refractivity contribution >= 4 is 21.4 Å². The molecular weight excluding hydrogens is 282 g/mol. The van der Waals surface area contributed by atoms with Gasteiger partial charge >= 0.3 is 0 Å². The summed E-state index contributed by atoms with van der Waals surface area (Å²) in [7, 11) is -3.20. The van der Waals surface area contributed by atoms with Gasteiger partial charge in [-0.3, -0.25) is 0 Å². The van der Waals surface area contributed by atoms with Gasteiger partial charge in [-0.1, -0.05) is 23.7 Å². The number of nitrogens with zero attached hydrogens (tertiary/aromatic N) is 1. The molecule has 3 nitrogen and oxygen atoms in total. The van der Waals surface area contributed by atoms with Gasteiger partial charge in [0.05, 0.1) is 16.5 Å². The third kappa shape index (κ3) is 3.14. The minimum absolute atomic E-state index is 0.263. The van der Waals surface area contributed by atoms with Crippen LogP contribution in [-0.4, -0.2) is 14.7 Å². The van der Waals surface area contributed by atoms with E-state index in [0.717, 1.165) is 17.4 Å². The van der Waals surface area contributed by atoms with Gasteiger partial charge < -0.3 is 0 Å². The molecule has 5 heteroatoms. The topological polar surface area (TPSA) is 57.9 Å². The van der Waals surface area contributed by atoms with Crippen molar-refractivity contribution in [2.75, 3.05) is 6.26 Å². The van der Waals surface area contributed by atoms with Gasteiger partial charge in [0.25, 0.3) is 0 Å². The molecule has 0 bridgehead atoms. The van der Waals surface area contributed by atoms with Gasteiger partial charge in [0.1, 0.15) is 0 Å². The molecule has 0 heterocycles. The van der Waals surface area contributed by atoms with E-state index in [-0.39, 0.29) is 4.90 Å². The van der Waals surface area contributed by atoms with E-state index in [0.29, 0.717) is 10.6 Å². The van der Waals surface area contributed by atoms with Crippen LogP contribution in [0, 0.1) is 11.3 Å². The maximum absolute atomic E-state index is 11.4. The molecule has 2 aromatic rings. The average Bonchev–Trinajstić information content (AvgIpc) is 2.37. The molecule has 0 radical (unpaired) electrons. The molecule has 2 rings (SSSR count). The fourth-order valence-electron chi connectivity index (χ4n) is 1.72. The molecule has 2 aromatic carbocycles. The number of nitriles is 1. The second-order valence-electron chi connectivity index (χ2n) is 4.14. The maximum atomic E-state index is 11.4. The van der Waals surface area contributed by atoms with E-state index in [1.807, 2.05) is 6.07 Å². The van der Waals surface area contributed by atoms with E-state index < -0.39 is 9.84 Å². The second kappa shape index (κ2) is 5.04. The van der Waals surface area contributed by atoms with E-state index >= 15 is 0 Å². The first-order chi connectivity index (χ1) is 8.90. The van der Waals surface area contributed by atoms with Crippen LogP contribution in [0.4, 0.5) is 0 Å². The summed E-state index contributed by atoms with van der Waals surface area (Å²) in [4.78, 5) is 0.263. The zero-order valence-corrected chi connectivity index (χ0v) is 11.7. The second-order valence-corrected chi connectivity index (χ2v) is 6.59. The lowest BCUT2D eigenvalue weighted by atomic mass is 10.0. The molecule has 0 atom stereocenters. The van der Waals surface area contributed by atoms with Crippen LogP contribution in [0.15, 0.2) is 47.4 Å². The SMILES string of the molecule is CS(=O)(=O)c1ccc(-c2cc(Cl)cc(C#N)c2)cc1. The van der Waals surface area contributed by atoms with Crippen molar-refractivity contribution < 1.29 is 8.42 Å². The first kappa shape index (κ1) is 13.6. The Bertz CT molecular complexity index is 759. The molecule has 0 amide bonds. The predicted octanol–water partition coefficient (Wildman–Crippen LogP) is 3.28. The van der Waals surface area contributed by atoms with Gasteiger partial charge in [-0.25, -0.2) is 8.42 Å². The summed E-state index contributed by atoms with van der Waals surface area (Å²) in [6.07, 6.45) is 1.16. The highest BCUT2D eigenvalue weighted by molar-refractivity contribution is 7.90. The molecule has 19 heavy (non-hydrogen) atoms. The standard InChI is InChI=1S/C14H10ClNO2S/c1-19(17,18)14-4-2-11(3-5-14)12-6-10(9-16)7-13(15)8-12/h2-8H,1H3. The molecule has 96 valence electrons. The zero-order chi connectivity index (χ0) is 14.0. The van der Waals surface area contributed by atoms with Crippen molar-refractivity contribution in [1.29, 1.82) is 5.26 Å². The summed E-state index contributed by atoms with van der Waals surface area (Å²) in [6.45, 7) is 0. The zero-order valence-electron chi connectivity index (χ0n) is 10.1. The monoisotopic (exact) mass is 291 g/mol. The summed E-state index contributed by atoms with van der Waals surface area (Å²) in [5.74, 6) is 0. The van der Waals surface area contributed by atoms with Crippen molar-refractivity contribution in [2.45, 2.75) is 4.90 Å². The number of hydrogen-bond donors (Lipinski definition) is 0. The lowest BCUT2D eigenvalue weighted by Gasteiger charge is -2.05. The average molecular weight is 292 g/mol. The minimum Gasteiger partial charge on any atom is -0.224 e. The molecule has 0 saturated heterocycles. The Morgan fingerprint density at radius 3 is 2.21 bits per heavy atom. The molecule has 0 unspecified atom stereocenters. The van der Waals surface area contributed by atoms with Crippen molar-refractivity contribution in [3.8, 4) is 17.2 Å². The van der Waals surface area contributed by atoms with Crippen molar-refractivity contribution in [3.63, 3.8) is 0 Å². The summed E-state index contributed by atoms with van der Waals surface area (Å²) >= 11 is 5.94. The third-order valence-corrected chi connectivity index (χ3v) is 3.99. The van der Waals surface area contributed by atoms with Crippen LogP contribution in [0.5, 0.6) is 0 Å². The lowest BCUT2D eigenvalue weighted by molar-refractivity contribution is 0.602. The van der Waals surface area contributed by atoms with Crippen LogP contribution in [0.2, 0.25) is 5.02 Å². The third-order valence-electron chi connectivity index (χ3n) is 2.64. The van der Waals surface area contributed by atoms with Crippen LogP contribution in [0.25, 0.3) is 11.1 Å². The van der Waals surface area contributed by atoms with Gasteiger partial charge in [-0.2, -0.15) is 5.26 Å². The first-order valence-corrected chi connectivity index (χ1v) is 7.68. The molecule has 0 aliphatic rings. The maximum Gasteiger partial charge on any atom is 0.175 e. The summed E-state index contributed by atoms with van der Waals surface area (Å²) < 4.78 is 22.7. The molecular formula is C14H10ClNO2S. The Morgan fingerprint density at radius 1 is 1.05 bits per heavy atom. The Balaban J connectivity index is 2.49. The molecule has 0 fully saturated rings. The summed E-state index contributed by atoms with van der Waals surface area (Å²) in [5, 5.41) is 9.37. The number of halogens is 1. The number of benzene rings is 2. The van der Waals surface area contributed by atoms with E-state index in [1.54, 1.807) is 30.3 Å². The quantitative estimate of drug-likeness (QED) is 0.853. The highest BCUT2D eigenvalue weighted by Crippen LogP contribution is 2.25. The molecule has 0 N–H and O–H groups in total. The van der Waals surface area contributed by atoms with Gasteiger partial charge in [-0.15, -0.1) is 0 Å². The van der Waals surface area contributed by atoms with E-state index in [1.165, 1.54) is 12.1 Å². The van der Waals surface area contributed by atoms with E-state index in [4.69, 9.17) is 16.9 Å². The fourth-order valence-corrected chi connectivity index (χ4v) is 2.58. The van der Waals surface area contributed by atoms with Crippen LogP contribution in [-0.2, 0) is 9.84 Å². The molecule has 0 aliphatic carbocycles. The van der Waals surface area contributed by atoms with E-state index in [2.05, 4.69) is 0 Å². The van der Waals surface area contributed by atoms with Crippen LogP contribution in [0.3, 0.4) is 0 Å². The van der Waals surface area contributed by atoms with Gasteiger partial charge in [0.15, 0.2) is 9.84 Å². The number of rotatable bonds is 2. The molecule has 0 aliphatic heterocycles. The summed E-state index contributed by atoms with van der Waals surface area (Å²) in [6, 6.07) is 13.5. The van der Waals surface area contributed by atoms with Crippen molar-refractivity contribution in [1.82, 2.24) is 0 Å². The van der Waals surface area contributed by atoms with Gasteiger partial charge in [0, 0.05) is 11.3 Å². The Labute approximate surface area is 117 Å². The van der Waals surface area contributed by atoms with Crippen molar-refractivity contribution in [2.24, 2.45) is 0 Å². The van der Waals surface area contributed by atoms with E-state index in [9.17, 15) is 8.42 Å². The Morgan fingerprint density at radius 2 is 1.68 bits per heavy atom. The lowest BCUT2D eigenvalue weighted by Crippen LogP contribution is -1.96. The smallest absolute Gasteiger partial charge is 0.175 e. The predicted molar refractivity (Wildman–Crippen MR) is 74.7 cm³/mol. The fraction of sp³-hybridized carbons (Fsp3) is 0.0714. The first-order valence-electron chi connectivity index (χ1n) is 5.41. The molecule has 0 aromatic heterocycles. The highest BCUT2D eigenvalue weighted by Gasteiger charge is 2.07. The molecule has 0 spiro atoms. The highest BCUT2D eigenvalue weighted by atomic mass is 35.5. The van der Waals surface area contributed by atoms with Gasteiger partial charge in [0.2, 0.25) is 0 Å². The Kier molecular flexibility index (Phi) is 3.61. The largest absolute Gasteiger partial charge is 0.224 e. The molecule has 0 saturated carbocycles. The minimum atomic E-state index is -3.20. The summed E-state index contributed by atoms with van der Waals surface area (Å²) in [5.41, 5.74) is 2.06. The number of sulfone groups is 1. The van der Waals surface area contributed by atoms with Crippen molar-refractivity contribution in [3.05, 3.63) is 53.1 Å². The van der Waals surface area contributed by atoms with Crippen LogP contribution in [0.1, 0.15) is 5.56 Å². The normalized spacial score (nSPS) is 11.0. The number of hydrogen-bond acceptors (Lipinski definition) is 3.